The molecule has 0 fully saturated rings. The van der Waals surface area contributed by atoms with Gasteiger partial charge in [-0.2, -0.15) is 26.3 Å². The summed E-state index contributed by atoms with van der Waals surface area (Å²) in [6, 6.07) is 7.04. The minimum absolute atomic E-state index is 0.0136. The van der Waals surface area contributed by atoms with Crippen molar-refractivity contribution in [1.29, 1.82) is 0 Å². The van der Waals surface area contributed by atoms with Gasteiger partial charge in [-0.15, -0.1) is 11.3 Å². The number of sulfone groups is 2. The van der Waals surface area contributed by atoms with Crippen LogP contribution in [0.25, 0.3) is 0 Å². The van der Waals surface area contributed by atoms with Gasteiger partial charge in [0.1, 0.15) is 15.3 Å². The van der Waals surface area contributed by atoms with Crippen molar-refractivity contribution in [3.8, 4) is 0 Å². The van der Waals surface area contributed by atoms with Crippen molar-refractivity contribution in [2.24, 2.45) is 0 Å². The summed E-state index contributed by atoms with van der Waals surface area (Å²) < 4.78 is 123. The van der Waals surface area contributed by atoms with E-state index in [0.717, 1.165) is 37.7 Å². The lowest BCUT2D eigenvalue weighted by Crippen LogP contribution is -2.44. The van der Waals surface area contributed by atoms with Crippen molar-refractivity contribution in [2.45, 2.75) is 85.5 Å². The third-order valence-electron chi connectivity index (χ3n) is 7.70. The first-order valence-electron chi connectivity index (χ1n) is 15.2. The van der Waals surface area contributed by atoms with Crippen LogP contribution in [0.2, 0.25) is 0 Å². The zero-order valence-corrected chi connectivity index (χ0v) is 31.7. The van der Waals surface area contributed by atoms with Crippen molar-refractivity contribution >= 4 is 53.8 Å². The number of thiazole rings is 1. The van der Waals surface area contributed by atoms with Crippen molar-refractivity contribution in [3.63, 3.8) is 0 Å². The molecule has 2 N–H and O–H groups in total. The van der Waals surface area contributed by atoms with Gasteiger partial charge in [0, 0.05) is 29.4 Å². The molecule has 0 aliphatic rings. The number of rotatable bonds is 8. The van der Waals surface area contributed by atoms with E-state index in [-0.39, 0.29) is 16.1 Å². The standard InChI is InChI=1S/C17H14F6N2O3S.C16H21N3O3S2/c1-15(2,14(26)25-13-8-5-11(9-24-13)17(21,22)23)29(27,28)12-6-3-10(4-7-12)16(18,19)20;1-15(2,3)12-10-23-14(18-12)19-13(20)16(4,5)24(21,22)11-7-6-8-17-9-11/h3-9H,1-2H3,(H,24,25,26);6-10H,1-5H3,(H,18,19,20). The number of carbonyl (C=O) groups is 2. The largest absolute Gasteiger partial charge is 0.417 e. The first-order valence-corrected chi connectivity index (χ1v) is 19.1. The molecule has 0 radical (unpaired) electrons. The minimum Gasteiger partial charge on any atom is -0.309 e. The van der Waals surface area contributed by atoms with E-state index in [1.54, 1.807) is 0 Å². The van der Waals surface area contributed by atoms with E-state index in [4.69, 9.17) is 0 Å². The lowest BCUT2D eigenvalue weighted by molar-refractivity contribution is -0.138. The number of hydrogen-bond acceptors (Lipinski definition) is 10. The predicted octanol–water partition coefficient (Wildman–Crippen LogP) is 7.34. The molecular formula is C33H35F6N5O6S3. The fourth-order valence-corrected chi connectivity index (χ4v) is 7.64. The van der Waals surface area contributed by atoms with Crippen LogP contribution in [-0.4, -0.2) is 53.1 Å². The highest BCUT2D eigenvalue weighted by Gasteiger charge is 2.45. The first-order chi connectivity index (χ1) is 24.0. The fourth-order valence-electron chi connectivity index (χ4n) is 3.99. The Labute approximate surface area is 306 Å². The summed E-state index contributed by atoms with van der Waals surface area (Å²) in [4.78, 5) is 36.1. The maximum atomic E-state index is 12.7. The van der Waals surface area contributed by atoms with Gasteiger partial charge in [0.25, 0.3) is 0 Å². The van der Waals surface area contributed by atoms with Crippen LogP contribution in [0.15, 0.2) is 82.3 Å². The highest BCUT2D eigenvalue weighted by atomic mass is 32.2. The molecule has 3 aromatic heterocycles. The highest BCUT2D eigenvalue weighted by molar-refractivity contribution is 7.94. The number of halogens is 6. The Kier molecular flexibility index (Phi) is 12.3. The van der Waals surface area contributed by atoms with Crippen molar-refractivity contribution in [1.82, 2.24) is 15.0 Å². The molecule has 1 aromatic carbocycles. The molecule has 3 heterocycles. The van der Waals surface area contributed by atoms with Crippen LogP contribution in [0.4, 0.5) is 37.3 Å². The predicted molar refractivity (Wildman–Crippen MR) is 186 cm³/mol. The fraction of sp³-hybridized carbons (Fsp3) is 0.364. The first kappa shape index (κ1) is 43.0. The van der Waals surface area contributed by atoms with Gasteiger partial charge < -0.3 is 10.6 Å². The van der Waals surface area contributed by atoms with E-state index < -0.39 is 69.4 Å². The van der Waals surface area contributed by atoms with Crippen LogP contribution in [0.3, 0.4) is 0 Å². The molecule has 0 saturated heterocycles. The minimum atomic E-state index is -4.66. The third kappa shape index (κ3) is 9.77. The van der Waals surface area contributed by atoms with E-state index in [9.17, 15) is 52.8 Å². The molecule has 0 bridgehead atoms. The van der Waals surface area contributed by atoms with Crippen LogP contribution in [0.5, 0.6) is 0 Å². The summed E-state index contributed by atoms with van der Waals surface area (Å²) >= 11 is 1.28. The molecular weight excluding hydrogens is 773 g/mol. The summed E-state index contributed by atoms with van der Waals surface area (Å²) in [5.74, 6) is -2.07. The van der Waals surface area contributed by atoms with Gasteiger partial charge in [0.15, 0.2) is 24.8 Å². The summed E-state index contributed by atoms with van der Waals surface area (Å²) in [5, 5.41) is 6.96. The third-order valence-corrected chi connectivity index (χ3v) is 13.3. The Morgan fingerprint density at radius 1 is 0.660 bits per heavy atom. The van der Waals surface area contributed by atoms with E-state index >= 15 is 0 Å². The van der Waals surface area contributed by atoms with Gasteiger partial charge in [-0.1, -0.05) is 20.8 Å². The summed E-state index contributed by atoms with van der Waals surface area (Å²) in [6.07, 6.45) is -6.11. The zero-order valence-electron chi connectivity index (χ0n) is 29.2. The van der Waals surface area contributed by atoms with Crippen molar-refractivity contribution < 1.29 is 52.8 Å². The lowest BCUT2D eigenvalue weighted by Gasteiger charge is -2.24. The van der Waals surface area contributed by atoms with Gasteiger partial charge in [0.2, 0.25) is 11.8 Å². The number of pyridine rings is 2. The monoisotopic (exact) mass is 807 g/mol. The topological polar surface area (TPSA) is 165 Å². The Morgan fingerprint density at radius 3 is 1.60 bits per heavy atom. The average molecular weight is 808 g/mol. The van der Waals surface area contributed by atoms with Crippen molar-refractivity contribution in [3.05, 3.63) is 89.3 Å². The molecule has 20 heteroatoms. The maximum Gasteiger partial charge on any atom is 0.417 e. The van der Waals surface area contributed by atoms with Crippen LogP contribution in [0.1, 0.15) is 65.3 Å². The summed E-state index contributed by atoms with van der Waals surface area (Å²) in [7, 11) is -8.32. The molecule has 288 valence electrons. The lowest BCUT2D eigenvalue weighted by atomic mass is 9.93. The van der Waals surface area contributed by atoms with E-state index in [1.807, 2.05) is 26.2 Å². The number of amides is 2. The Hall–Kier alpha value is -4.43. The van der Waals surface area contributed by atoms with E-state index in [1.165, 1.54) is 49.7 Å². The van der Waals surface area contributed by atoms with Gasteiger partial charge in [-0.3, -0.25) is 14.6 Å². The van der Waals surface area contributed by atoms with E-state index in [0.29, 0.717) is 29.5 Å². The number of aromatic nitrogens is 3. The van der Waals surface area contributed by atoms with Crippen LogP contribution in [-0.2, 0) is 47.0 Å². The maximum absolute atomic E-state index is 12.7. The molecule has 0 aliphatic carbocycles. The molecule has 0 unspecified atom stereocenters. The van der Waals surface area contributed by atoms with E-state index in [2.05, 4.69) is 25.6 Å². The number of alkyl halides is 6. The van der Waals surface area contributed by atoms with Crippen LogP contribution >= 0.6 is 11.3 Å². The number of nitrogens with one attached hydrogen (secondary N) is 2. The second kappa shape index (κ2) is 15.1. The Morgan fingerprint density at radius 2 is 1.17 bits per heavy atom. The number of hydrogen-bond donors (Lipinski definition) is 2. The molecule has 2 amide bonds. The second-order valence-electron chi connectivity index (χ2n) is 13.4. The Bertz CT molecular complexity index is 2150. The molecule has 0 saturated carbocycles. The number of nitrogens with zero attached hydrogens (tertiary/aromatic N) is 3. The normalized spacial score (nSPS) is 13.1. The zero-order chi connectivity index (χ0) is 40.4. The molecule has 4 aromatic rings. The summed E-state index contributed by atoms with van der Waals surface area (Å²) in [5.41, 5.74) is -1.42. The highest BCUT2D eigenvalue weighted by Crippen LogP contribution is 2.34. The van der Waals surface area contributed by atoms with Gasteiger partial charge in [-0.05, 0) is 76.2 Å². The molecule has 11 nitrogen and oxygen atoms in total. The quantitative estimate of drug-likeness (QED) is 0.173. The number of anilines is 2. The average Bonchev–Trinajstić information content (AvgIpc) is 3.54. The SMILES string of the molecule is CC(C)(C(=O)Nc1ccc(C(F)(F)F)cn1)S(=O)(=O)c1ccc(C(F)(F)F)cc1.CC(C)(C)c1csc(NC(=O)C(C)(C)S(=O)(=O)c2cccnc2)n1. The smallest absolute Gasteiger partial charge is 0.309 e. The van der Waals surface area contributed by atoms with Crippen LogP contribution in [0, 0.1) is 0 Å². The number of carbonyl (C=O) groups excluding carboxylic acids is 2. The molecule has 0 aliphatic heterocycles. The van der Waals surface area contributed by atoms with Crippen molar-refractivity contribution in [2.75, 3.05) is 10.6 Å². The molecule has 4 rings (SSSR count). The molecule has 0 spiro atoms. The van der Waals surface area contributed by atoms with Gasteiger partial charge >= 0.3 is 12.4 Å². The summed E-state index contributed by atoms with van der Waals surface area (Å²) in [6.45, 7) is 10.8. The number of benzene rings is 1. The molecule has 0 atom stereocenters. The molecule has 53 heavy (non-hydrogen) atoms. The second-order valence-corrected chi connectivity index (χ2v) is 19.2. The Balaban J connectivity index is 0.000000290. The van der Waals surface area contributed by atoms with Gasteiger partial charge in [-0.25, -0.2) is 26.8 Å². The van der Waals surface area contributed by atoms with Gasteiger partial charge in [0.05, 0.1) is 26.6 Å². The van der Waals surface area contributed by atoms with Crippen LogP contribution < -0.4 is 10.6 Å².